The minimum absolute atomic E-state index is 0.0856. The fourth-order valence-electron chi connectivity index (χ4n) is 3.25. The van der Waals surface area contributed by atoms with E-state index in [0.717, 1.165) is 37.2 Å². The number of nitrogens with one attached hydrogen (secondary N) is 2. The Morgan fingerprint density at radius 3 is 2.25 bits per heavy atom. The fraction of sp³-hybridized carbons (Fsp3) is 0.364. The maximum atomic E-state index is 12.6. The van der Waals surface area contributed by atoms with Gasteiger partial charge in [0.05, 0.1) is 6.54 Å². The van der Waals surface area contributed by atoms with E-state index >= 15 is 0 Å². The van der Waals surface area contributed by atoms with Crippen molar-refractivity contribution in [1.29, 1.82) is 0 Å². The van der Waals surface area contributed by atoms with Crippen molar-refractivity contribution in [2.24, 2.45) is 0 Å². The summed E-state index contributed by atoms with van der Waals surface area (Å²) in [6.45, 7) is 3.71. The third-order valence-corrected chi connectivity index (χ3v) is 5.34. The predicted molar refractivity (Wildman–Crippen MR) is 114 cm³/mol. The number of halogens is 1. The van der Waals surface area contributed by atoms with Crippen molar-refractivity contribution in [2.45, 2.75) is 32.6 Å². The summed E-state index contributed by atoms with van der Waals surface area (Å²) in [6.07, 6.45) is 4.55. The van der Waals surface area contributed by atoms with E-state index in [2.05, 4.69) is 10.6 Å². The van der Waals surface area contributed by atoms with Crippen molar-refractivity contribution >= 4 is 34.8 Å². The Balaban J connectivity index is 1.51. The second-order valence-electron chi connectivity index (χ2n) is 7.15. The van der Waals surface area contributed by atoms with E-state index in [1.54, 1.807) is 6.07 Å². The van der Waals surface area contributed by atoms with Gasteiger partial charge in [0.25, 0.3) is 5.91 Å². The molecule has 6 heteroatoms. The van der Waals surface area contributed by atoms with Crippen LogP contribution in [0.15, 0.2) is 42.5 Å². The van der Waals surface area contributed by atoms with Crippen LogP contribution in [0.25, 0.3) is 0 Å². The molecule has 1 fully saturated rings. The zero-order valence-electron chi connectivity index (χ0n) is 16.1. The quantitative estimate of drug-likeness (QED) is 0.765. The molecular formula is C22H26ClN3O2. The SMILES string of the molecule is Cc1ccc(NC(=O)CNc2ccc(C(=O)N3CCCCCC3)cc2)cc1Cl. The Labute approximate surface area is 171 Å². The molecule has 0 unspecified atom stereocenters. The molecule has 0 bridgehead atoms. The van der Waals surface area contributed by atoms with Crippen LogP contribution in [0.1, 0.15) is 41.6 Å². The van der Waals surface area contributed by atoms with Crippen LogP contribution in [0.2, 0.25) is 5.02 Å². The number of carbonyl (C=O) groups is 2. The van der Waals surface area contributed by atoms with Crippen molar-refractivity contribution in [3.63, 3.8) is 0 Å². The van der Waals surface area contributed by atoms with Gasteiger partial charge < -0.3 is 15.5 Å². The maximum Gasteiger partial charge on any atom is 0.253 e. The summed E-state index contributed by atoms with van der Waals surface area (Å²) < 4.78 is 0. The standard InChI is InChI=1S/C22H26ClN3O2/c1-16-6-9-19(14-20(16)23)25-21(27)15-24-18-10-7-17(8-11-18)22(28)26-12-4-2-3-5-13-26/h6-11,14,24H,2-5,12-13,15H2,1H3,(H,25,27). The number of hydrogen-bond donors (Lipinski definition) is 2. The van der Waals surface area contributed by atoms with Crippen LogP contribution in [0.3, 0.4) is 0 Å². The molecule has 0 saturated carbocycles. The van der Waals surface area contributed by atoms with Gasteiger partial charge in [0.1, 0.15) is 0 Å². The summed E-state index contributed by atoms with van der Waals surface area (Å²) in [7, 11) is 0. The molecule has 0 radical (unpaired) electrons. The van der Waals surface area contributed by atoms with Crippen molar-refractivity contribution in [3.05, 3.63) is 58.6 Å². The van der Waals surface area contributed by atoms with Gasteiger partial charge in [-0.15, -0.1) is 0 Å². The van der Waals surface area contributed by atoms with Crippen molar-refractivity contribution in [2.75, 3.05) is 30.3 Å². The highest BCUT2D eigenvalue weighted by molar-refractivity contribution is 6.31. The number of nitrogens with zero attached hydrogens (tertiary/aromatic N) is 1. The zero-order chi connectivity index (χ0) is 19.9. The van der Waals surface area contributed by atoms with Gasteiger partial charge >= 0.3 is 0 Å². The number of benzene rings is 2. The van der Waals surface area contributed by atoms with Gasteiger partial charge in [-0.25, -0.2) is 0 Å². The van der Waals surface area contributed by atoms with E-state index in [1.165, 1.54) is 12.8 Å². The molecule has 0 atom stereocenters. The smallest absolute Gasteiger partial charge is 0.253 e. The topological polar surface area (TPSA) is 61.4 Å². The van der Waals surface area contributed by atoms with Crippen LogP contribution in [0.5, 0.6) is 0 Å². The maximum absolute atomic E-state index is 12.6. The van der Waals surface area contributed by atoms with Gasteiger partial charge in [-0.3, -0.25) is 9.59 Å². The molecule has 2 amide bonds. The molecule has 2 N–H and O–H groups in total. The summed E-state index contributed by atoms with van der Waals surface area (Å²) in [5.74, 6) is -0.0768. The lowest BCUT2D eigenvalue weighted by molar-refractivity contribution is -0.114. The van der Waals surface area contributed by atoms with Gasteiger partial charge in [-0.2, -0.15) is 0 Å². The Morgan fingerprint density at radius 1 is 0.964 bits per heavy atom. The van der Waals surface area contributed by atoms with Crippen LogP contribution >= 0.6 is 11.6 Å². The Hall–Kier alpha value is -2.53. The number of likely N-dealkylation sites (tertiary alicyclic amines) is 1. The summed E-state index contributed by atoms with van der Waals surface area (Å²) in [4.78, 5) is 26.7. The zero-order valence-corrected chi connectivity index (χ0v) is 16.9. The van der Waals surface area contributed by atoms with Gasteiger partial charge in [-0.1, -0.05) is 30.5 Å². The van der Waals surface area contributed by atoms with E-state index < -0.39 is 0 Å². The lowest BCUT2D eigenvalue weighted by atomic mass is 10.1. The van der Waals surface area contributed by atoms with Crippen LogP contribution in [0, 0.1) is 6.92 Å². The Morgan fingerprint density at radius 2 is 1.61 bits per heavy atom. The first-order chi connectivity index (χ1) is 13.5. The molecule has 28 heavy (non-hydrogen) atoms. The molecule has 1 heterocycles. The van der Waals surface area contributed by atoms with E-state index in [1.807, 2.05) is 48.2 Å². The van der Waals surface area contributed by atoms with Gasteiger partial charge in [0.2, 0.25) is 5.91 Å². The van der Waals surface area contributed by atoms with Crippen molar-refractivity contribution < 1.29 is 9.59 Å². The molecule has 1 aliphatic heterocycles. The number of anilines is 2. The lowest BCUT2D eigenvalue weighted by Gasteiger charge is -2.20. The normalized spacial score (nSPS) is 14.3. The van der Waals surface area contributed by atoms with Gasteiger partial charge in [-0.05, 0) is 61.7 Å². The number of amides is 2. The van der Waals surface area contributed by atoms with E-state index in [0.29, 0.717) is 16.3 Å². The average molecular weight is 400 g/mol. The summed E-state index contributed by atoms with van der Waals surface area (Å²) in [5.41, 5.74) is 3.11. The minimum atomic E-state index is -0.162. The average Bonchev–Trinajstić information content (AvgIpc) is 2.99. The van der Waals surface area contributed by atoms with E-state index in [-0.39, 0.29) is 18.4 Å². The number of hydrogen-bond acceptors (Lipinski definition) is 3. The molecular weight excluding hydrogens is 374 g/mol. The van der Waals surface area contributed by atoms with E-state index in [4.69, 9.17) is 11.6 Å². The predicted octanol–water partition coefficient (Wildman–Crippen LogP) is 4.72. The molecule has 5 nitrogen and oxygen atoms in total. The third-order valence-electron chi connectivity index (χ3n) is 4.93. The first kappa shape index (κ1) is 20.2. The first-order valence-corrected chi connectivity index (χ1v) is 10.1. The molecule has 1 aliphatic rings. The largest absolute Gasteiger partial charge is 0.376 e. The molecule has 0 spiro atoms. The van der Waals surface area contributed by atoms with E-state index in [9.17, 15) is 9.59 Å². The fourth-order valence-corrected chi connectivity index (χ4v) is 3.43. The Bertz CT molecular complexity index is 828. The van der Waals surface area contributed by atoms with Crippen molar-refractivity contribution in [3.8, 4) is 0 Å². The van der Waals surface area contributed by atoms with Crippen LogP contribution < -0.4 is 10.6 Å². The van der Waals surface area contributed by atoms with Crippen LogP contribution in [0.4, 0.5) is 11.4 Å². The van der Waals surface area contributed by atoms with Gasteiger partial charge in [0, 0.05) is 35.1 Å². The minimum Gasteiger partial charge on any atom is -0.376 e. The summed E-state index contributed by atoms with van der Waals surface area (Å²) in [5, 5.41) is 6.51. The highest BCUT2D eigenvalue weighted by atomic mass is 35.5. The second-order valence-corrected chi connectivity index (χ2v) is 7.56. The second kappa shape index (κ2) is 9.60. The molecule has 2 aromatic carbocycles. The molecule has 2 aromatic rings. The lowest BCUT2D eigenvalue weighted by Crippen LogP contribution is -2.31. The van der Waals surface area contributed by atoms with Crippen LogP contribution in [-0.4, -0.2) is 36.3 Å². The number of carbonyl (C=O) groups excluding carboxylic acids is 2. The number of aryl methyl sites for hydroxylation is 1. The monoisotopic (exact) mass is 399 g/mol. The Kier molecular flexibility index (Phi) is 6.93. The molecule has 0 aliphatic carbocycles. The molecule has 148 valence electrons. The highest BCUT2D eigenvalue weighted by Gasteiger charge is 2.17. The number of rotatable bonds is 5. The first-order valence-electron chi connectivity index (χ1n) is 9.72. The molecule has 3 rings (SSSR count). The highest BCUT2D eigenvalue weighted by Crippen LogP contribution is 2.20. The molecule has 0 aromatic heterocycles. The third kappa shape index (κ3) is 5.49. The van der Waals surface area contributed by atoms with Gasteiger partial charge in [0.15, 0.2) is 0 Å². The van der Waals surface area contributed by atoms with Crippen LogP contribution in [-0.2, 0) is 4.79 Å². The molecule has 1 saturated heterocycles. The van der Waals surface area contributed by atoms with Crippen molar-refractivity contribution in [1.82, 2.24) is 4.90 Å². The summed E-state index contributed by atoms with van der Waals surface area (Å²) in [6, 6.07) is 12.7. The summed E-state index contributed by atoms with van der Waals surface area (Å²) >= 11 is 6.08.